The van der Waals surface area contributed by atoms with E-state index < -0.39 is 0 Å². The molecule has 19 heavy (non-hydrogen) atoms. The van der Waals surface area contributed by atoms with Gasteiger partial charge in [0.15, 0.2) is 4.67 Å². The number of benzene rings is 1. The second kappa shape index (κ2) is 6.35. The van der Waals surface area contributed by atoms with Gasteiger partial charge >= 0.3 is 0 Å². The van der Waals surface area contributed by atoms with E-state index in [-0.39, 0.29) is 6.04 Å². The molecule has 2 aromatic rings. The van der Waals surface area contributed by atoms with Gasteiger partial charge < -0.3 is 14.5 Å². The van der Waals surface area contributed by atoms with Crippen molar-refractivity contribution in [2.75, 3.05) is 11.9 Å². The van der Waals surface area contributed by atoms with Crippen LogP contribution in [0.15, 0.2) is 39.4 Å². The fourth-order valence-corrected chi connectivity index (χ4v) is 2.25. The Labute approximate surface area is 126 Å². The quantitative estimate of drug-likeness (QED) is 0.802. The zero-order valence-corrected chi connectivity index (χ0v) is 13.1. The van der Waals surface area contributed by atoms with Crippen molar-refractivity contribution in [2.45, 2.75) is 19.9 Å². The first-order chi connectivity index (χ1) is 9.10. The van der Waals surface area contributed by atoms with E-state index in [0.29, 0.717) is 16.3 Å². The molecule has 1 N–H and O–H groups in total. The Morgan fingerprint density at radius 3 is 2.79 bits per heavy atom. The van der Waals surface area contributed by atoms with Gasteiger partial charge in [-0.3, -0.25) is 0 Å². The number of furan rings is 1. The number of halogens is 2. The summed E-state index contributed by atoms with van der Waals surface area (Å²) in [6.07, 6.45) is 0. The fourth-order valence-electron chi connectivity index (χ4n) is 1.76. The average molecular weight is 345 g/mol. The molecule has 1 heterocycles. The molecule has 0 aliphatic heterocycles. The number of anilines is 1. The predicted octanol–water partition coefficient (Wildman–Crippen LogP) is 5.27. The molecule has 0 saturated heterocycles. The first kappa shape index (κ1) is 14.3. The van der Waals surface area contributed by atoms with Crippen LogP contribution in [-0.2, 0) is 0 Å². The normalized spacial score (nSPS) is 12.2. The first-order valence-electron chi connectivity index (χ1n) is 6.04. The summed E-state index contributed by atoms with van der Waals surface area (Å²) in [7, 11) is 0. The minimum absolute atomic E-state index is 0.0176. The van der Waals surface area contributed by atoms with Crippen molar-refractivity contribution >= 4 is 33.2 Å². The third-order valence-corrected chi connectivity index (χ3v) is 3.30. The van der Waals surface area contributed by atoms with Crippen LogP contribution >= 0.6 is 27.5 Å². The summed E-state index contributed by atoms with van der Waals surface area (Å²) in [6.45, 7) is 4.57. The largest absolute Gasteiger partial charge is 0.492 e. The molecule has 0 amide bonds. The van der Waals surface area contributed by atoms with Gasteiger partial charge in [-0.25, -0.2) is 0 Å². The lowest BCUT2D eigenvalue weighted by molar-refractivity contribution is 0.341. The fraction of sp³-hybridized carbons (Fsp3) is 0.286. The Morgan fingerprint density at radius 2 is 2.16 bits per heavy atom. The summed E-state index contributed by atoms with van der Waals surface area (Å²) in [6, 6.07) is 9.33. The van der Waals surface area contributed by atoms with Crippen LogP contribution in [0.3, 0.4) is 0 Å². The van der Waals surface area contributed by atoms with Crippen molar-refractivity contribution in [1.29, 1.82) is 0 Å². The van der Waals surface area contributed by atoms with Gasteiger partial charge in [0.05, 0.1) is 18.3 Å². The third kappa shape index (κ3) is 3.67. The molecule has 0 bridgehead atoms. The Bertz CT molecular complexity index is 556. The average Bonchev–Trinajstić information content (AvgIpc) is 2.80. The standard InChI is InChI=1S/C14H15BrClNO2/c1-3-18-13-5-4-10(16)8-11(13)17-9(2)12-6-7-14(15)19-12/h4-9,17H,3H2,1-2H3. The maximum Gasteiger partial charge on any atom is 0.169 e. The van der Waals surface area contributed by atoms with E-state index in [1.54, 1.807) is 0 Å². The van der Waals surface area contributed by atoms with Crippen LogP contribution in [0.4, 0.5) is 5.69 Å². The van der Waals surface area contributed by atoms with Gasteiger partial charge in [0.2, 0.25) is 0 Å². The lowest BCUT2D eigenvalue weighted by atomic mass is 10.2. The molecule has 102 valence electrons. The highest BCUT2D eigenvalue weighted by molar-refractivity contribution is 9.10. The van der Waals surface area contributed by atoms with Crippen LogP contribution in [0.2, 0.25) is 5.02 Å². The summed E-state index contributed by atoms with van der Waals surface area (Å²) in [5.74, 6) is 1.62. The third-order valence-electron chi connectivity index (χ3n) is 2.63. The SMILES string of the molecule is CCOc1ccc(Cl)cc1NC(C)c1ccc(Br)o1. The van der Waals surface area contributed by atoms with E-state index in [2.05, 4.69) is 21.2 Å². The molecular weight excluding hydrogens is 330 g/mol. The molecule has 5 heteroatoms. The monoisotopic (exact) mass is 343 g/mol. The molecular formula is C14H15BrClNO2. The van der Waals surface area contributed by atoms with Crippen molar-refractivity contribution in [1.82, 2.24) is 0 Å². The van der Waals surface area contributed by atoms with Crippen LogP contribution in [0.25, 0.3) is 0 Å². The zero-order valence-electron chi connectivity index (χ0n) is 10.7. The van der Waals surface area contributed by atoms with Crippen molar-refractivity contribution < 1.29 is 9.15 Å². The predicted molar refractivity (Wildman–Crippen MR) is 81.1 cm³/mol. The maximum absolute atomic E-state index is 6.02. The van der Waals surface area contributed by atoms with E-state index in [0.717, 1.165) is 17.2 Å². The zero-order chi connectivity index (χ0) is 13.8. The van der Waals surface area contributed by atoms with Crippen molar-refractivity contribution in [3.63, 3.8) is 0 Å². The molecule has 0 aliphatic rings. The van der Waals surface area contributed by atoms with Crippen LogP contribution in [-0.4, -0.2) is 6.61 Å². The van der Waals surface area contributed by atoms with Crippen molar-refractivity contribution in [3.8, 4) is 5.75 Å². The molecule has 0 radical (unpaired) electrons. The second-order valence-electron chi connectivity index (χ2n) is 4.08. The molecule has 1 aromatic heterocycles. The summed E-state index contributed by atoms with van der Waals surface area (Å²) < 4.78 is 11.8. The molecule has 0 fully saturated rings. The number of rotatable bonds is 5. The number of hydrogen-bond acceptors (Lipinski definition) is 3. The molecule has 1 atom stereocenters. The summed E-state index contributed by atoms with van der Waals surface area (Å²) in [5.41, 5.74) is 0.856. The van der Waals surface area contributed by atoms with Gasteiger partial charge in [-0.05, 0) is 60.1 Å². The molecule has 1 aromatic carbocycles. The molecule has 3 nitrogen and oxygen atoms in total. The minimum atomic E-state index is 0.0176. The van der Waals surface area contributed by atoms with E-state index in [1.165, 1.54) is 0 Å². The van der Waals surface area contributed by atoms with Gasteiger partial charge in [0.1, 0.15) is 11.5 Å². The van der Waals surface area contributed by atoms with Crippen LogP contribution in [0, 0.1) is 0 Å². The Balaban J connectivity index is 2.19. The molecule has 0 saturated carbocycles. The van der Waals surface area contributed by atoms with Crippen LogP contribution < -0.4 is 10.1 Å². The van der Waals surface area contributed by atoms with Crippen LogP contribution in [0.5, 0.6) is 5.75 Å². The Morgan fingerprint density at radius 1 is 1.37 bits per heavy atom. The molecule has 1 unspecified atom stereocenters. The number of ether oxygens (including phenoxy) is 1. The van der Waals surface area contributed by atoms with E-state index in [1.807, 2.05) is 44.2 Å². The lowest BCUT2D eigenvalue weighted by Crippen LogP contribution is -2.07. The lowest BCUT2D eigenvalue weighted by Gasteiger charge is -2.16. The van der Waals surface area contributed by atoms with Gasteiger partial charge in [-0.15, -0.1) is 0 Å². The molecule has 0 spiro atoms. The van der Waals surface area contributed by atoms with Crippen molar-refractivity contribution in [2.24, 2.45) is 0 Å². The Kier molecular flexibility index (Phi) is 4.77. The second-order valence-corrected chi connectivity index (χ2v) is 5.30. The van der Waals surface area contributed by atoms with Crippen molar-refractivity contribution in [3.05, 3.63) is 45.8 Å². The topological polar surface area (TPSA) is 34.4 Å². The van der Waals surface area contributed by atoms with Crippen LogP contribution in [0.1, 0.15) is 25.6 Å². The molecule has 0 aliphatic carbocycles. The van der Waals surface area contributed by atoms with E-state index >= 15 is 0 Å². The highest BCUT2D eigenvalue weighted by Crippen LogP contribution is 2.32. The number of hydrogen-bond donors (Lipinski definition) is 1. The maximum atomic E-state index is 6.02. The summed E-state index contributed by atoms with van der Waals surface area (Å²) in [4.78, 5) is 0. The smallest absolute Gasteiger partial charge is 0.169 e. The van der Waals surface area contributed by atoms with Gasteiger partial charge in [-0.1, -0.05) is 11.6 Å². The number of nitrogens with one attached hydrogen (secondary N) is 1. The Hall–Kier alpha value is -1.13. The van der Waals surface area contributed by atoms with E-state index in [4.69, 9.17) is 20.8 Å². The highest BCUT2D eigenvalue weighted by atomic mass is 79.9. The van der Waals surface area contributed by atoms with Gasteiger partial charge in [0, 0.05) is 5.02 Å². The highest BCUT2D eigenvalue weighted by Gasteiger charge is 2.12. The summed E-state index contributed by atoms with van der Waals surface area (Å²) in [5, 5.41) is 4.01. The summed E-state index contributed by atoms with van der Waals surface area (Å²) >= 11 is 9.32. The van der Waals surface area contributed by atoms with Gasteiger partial charge in [-0.2, -0.15) is 0 Å². The first-order valence-corrected chi connectivity index (χ1v) is 7.21. The van der Waals surface area contributed by atoms with E-state index in [9.17, 15) is 0 Å². The molecule has 2 rings (SSSR count). The minimum Gasteiger partial charge on any atom is -0.492 e. The van der Waals surface area contributed by atoms with Gasteiger partial charge in [0.25, 0.3) is 0 Å².